The molecule has 0 aliphatic carbocycles. The van der Waals surface area contributed by atoms with Crippen molar-refractivity contribution in [2.45, 2.75) is 19.9 Å². The maximum Gasteiger partial charge on any atom is 0.251 e. The maximum absolute atomic E-state index is 12.2. The number of fused-ring (bicyclic) bond motifs is 1. The molecule has 6 heteroatoms. The molecule has 2 N–H and O–H groups in total. The molecule has 26 heavy (non-hydrogen) atoms. The van der Waals surface area contributed by atoms with Crippen LogP contribution in [0.1, 0.15) is 26.5 Å². The third-order valence-corrected chi connectivity index (χ3v) is 5.14. The molecular formula is C20H17N3O2S. The fraction of sp³-hybridized carbons (Fsp3) is 0.150. The summed E-state index contributed by atoms with van der Waals surface area (Å²) >= 11 is 1.51. The lowest BCUT2D eigenvalue weighted by molar-refractivity contribution is -0.115. The Balaban J connectivity index is 1.44. The van der Waals surface area contributed by atoms with Crippen LogP contribution in [-0.4, -0.2) is 16.8 Å². The Morgan fingerprint density at radius 2 is 2.04 bits per heavy atom. The fourth-order valence-electron chi connectivity index (χ4n) is 2.88. The number of hydrogen-bond donors (Lipinski definition) is 2. The van der Waals surface area contributed by atoms with Gasteiger partial charge in [-0.05, 0) is 36.8 Å². The molecule has 0 bridgehead atoms. The monoisotopic (exact) mass is 363 g/mol. The smallest absolute Gasteiger partial charge is 0.251 e. The number of carbonyl (C=O) groups excluding carboxylic acids is 2. The van der Waals surface area contributed by atoms with Gasteiger partial charge >= 0.3 is 0 Å². The highest BCUT2D eigenvalue weighted by Gasteiger charge is 2.18. The Kier molecular flexibility index (Phi) is 4.26. The van der Waals surface area contributed by atoms with Gasteiger partial charge in [-0.15, -0.1) is 11.3 Å². The van der Waals surface area contributed by atoms with Gasteiger partial charge in [-0.3, -0.25) is 9.59 Å². The van der Waals surface area contributed by atoms with Gasteiger partial charge in [0.05, 0.1) is 18.7 Å². The van der Waals surface area contributed by atoms with Crippen molar-refractivity contribution in [2.24, 2.45) is 0 Å². The molecule has 1 aliphatic heterocycles. The molecule has 2 aromatic carbocycles. The number of aryl methyl sites for hydroxylation is 1. The first-order chi connectivity index (χ1) is 12.6. The quantitative estimate of drug-likeness (QED) is 0.745. The average Bonchev–Trinajstić information content (AvgIpc) is 3.25. The maximum atomic E-state index is 12.2. The largest absolute Gasteiger partial charge is 0.346 e. The van der Waals surface area contributed by atoms with Crippen LogP contribution in [0.2, 0.25) is 0 Å². The summed E-state index contributed by atoms with van der Waals surface area (Å²) in [4.78, 5) is 28.3. The van der Waals surface area contributed by atoms with E-state index in [1.54, 1.807) is 0 Å². The molecule has 0 saturated carbocycles. The van der Waals surface area contributed by atoms with Gasteiger partial charge in [0.2, 0.25) is 5.91 Å². The minimum absolute atomic E-state index is 0.0231. The second-order valence-corrected chi connectivity index (χ2v) is 7.21. The lowest BCUT2D eigenvalue weighted by Gasteiger charge is -2.04. The minimum atomic E-state index is -0.108. The predicted octanol–water partition coefficient (Wildman–Crippen LogP) is 3.54. The zero-order chi connectivity index (χ0) is 18.1. The van der Waals surface area contributed by atoms with E-state index in [9.17, 15) is 9.59 Å². The summed E-state index contributed by atoms with van der Waals surface area (Å²) in [6.07, 6.45) is 0.409. The number of hydrogen-bond acceptors (Lipinski definition) is 4. The van der Waals surface area contributed by atoms with Crippen LogP contribution in [-0.2, 0) is 17.8 Å². The van der Waals surface area contributed by atoms with Crippen molar-refractivity contribution in [3.63, 3.8) is 0 Å². The van der Waals surface area contributed by atoms with Crippen molar-refractivity contribution < 1.29 is 9.59 Å². The van der Waals surface area contributed by atoms with Gasteiger partial charge in [0, 0.05) is 22.2 Å². The first-order valence-corrected chi connectivity index (χ1v) is 9.19. The molecule has 0 unspecified atom stereocenters. The first kappa shape index (κ1) is 16.5. The average molecular weight is 363 g/mol. The van der Waals surface area contributed by atoms with E-state index in [0.717, 1.165) is 33.1 Å². The van der Waals surface area contributed by atoms with Crippen molar-refractivity contribution >= 4 is 28.8 Å². The molecule has 1 aromatic heterocycles. The summed E-state index contributed by atoms with van der Waals surface area (Å²) in [7, 11) is 0. The van der Waals surface area contributed by atoms with Crippen LogP contribution in [0.4, 0.5) is 5.69 Å². The summed E-state index contributed by atoms with van der Waals surface area (Å²) in [5.74, 6) is -0.0844. The van der Waals surface area contributed by atoms with Gasteiger partial charge in [-0.2, -0.15) is 0 Å². The molecule has 1 aliphatic rings. The van der Waals surface area contributed by atoms with Gasteiger partial charge in [-0.25, -0.2) is 4.98 Å². The molecule has 4 rings (SSSR count). The van der Waals surface area contributed by atoms with Crippen molar-refractivity contribution in [3.8, 4) is 11.3 Å². The summed E-state index contributed by atoms with van der Waals surface area (Å²) in [5.41, 5.74) is 5.47. The summed E-state index contributed by atoms with van der Waals surface area (Å²) < 4.78 is 0. The Hall–Kier alpha value is -2.99. The van der Waals surface area contributed by atoms with Crippen molar-refractivity contribution in [1.82, 2.24) is 10.3 Å². The molecule has 3 aromatic rings. The fourth-order valence-corrected chi connectivity index (χ4v) is 3.62. The number of nitrogens with zero attached hydrogens (tertiary/aromatic N) is 1. The van der Waals surface area contributed by atoms with E-state index in [1.807, 2.05) is 54.8 Å². The molecule has 5 nitrogen and oxygen atoms in total. The van der Waals surface area contributed by atoms with Crippen LogP contribution in [0.25, 0.3) is 11.3 Å². The lowest BCUT2D eigenvalue weighted by atomic mass is 10.1. The summed E-state index contributed by atoms with van der Waals surface area (Å²) in [5, 5.41) is 8.54. The van der Waals surface area contributed by atoms with E-state index < -0.39 is 0 Å². The SMILES string of the molecule is Cc1ccc(C(=O)NCc2nc(-c3ccc4c(c3)CC(=O)N4)cs2)cc1. The molecule has 0 atom stereocenters. The predicted molar refractivity (Wildman–Crippen MR) is 102 cm³/mol. The van der Waals surface area contributed by atoms with Gasteiger partial charge in [0.15, 0.2) is 0 Å². The first-order valence-electron chi connectivity index (χ1n) is 8.31. The van der Waals surface area contributed by atoms with Crippen molar-refractivity contribution in [3.05, 3.63) is 69.5 Å². The molecule has 130 valence electrons. The normalized spacial score (nSPS) is 12.6. The number of nitrogens with one attached hydrogen (secondary N) is 2. The van der Waals surface area contributed by atoms with Crippen molar-refractivity contribution in [1.29, 1.82) is 0 Å². The minimum Gasteiger partial charge on any atom is -0.346 e. The Morgan fingerprint density at radius 1 is 1.23 bits per heavy atom. The number of anilines is 1. The number of carbonyl (C=O) groups is 2. The van der Waals surface area contributed by atoms with Gasteiger partial charge < -0.3 is 10.6 Å². The zero-order valence-corrected chi connectivity index (χ0v) is 15.0. The van der Waals surface area contributed by atoms with E-state index in [2.05, 4.69) is 15.6 Å². The number of benzene rings is 2. The highest BCUT2D eigenvalue weighted by molar-refractivity contribution is 7.09. The van der Waals surface area contributed by atoms with Crippen LogP contribution in [0.15, 0.2) is 47.8 Å². The second-order valence-electron chi connectivity index (χ2n) is 6.27. The van der Waals surface area contributed by atoms with Crippen LogP contribution in [0, 0.1) is 6.92 Å². The van der Waals surface area contributed by atoms with Gasteiger partial charge in [-0.1, -0.05) is 23.8 Å². The molecule has 0 radical (unpaired) electrons. The van der Waals surface area contributed by atoms with E-state index in [-0.39, 0.29) is 11.8 Å². The standard InChI is InChI=1S/C20H17N3O2S/c1-12-2-4-13(5-3-12)20(25)21-10-19-23-17(11-26-19)14-6-7-16-15(8-14)9-18(24)22-16/h2-8,11H,9-10H2,1H3,(H,21,25)(H,22,24). The molecular weight excluding hydrogens is 346 g/mol. The summed E-state index contributed by atoms with van der Waals surface area (Å²) in [6.45, 7) is 2.38. The van der Waals surface area contributed by atoms with E-state index in [4.69, 9.17) is 0 Å². The summed E-state index contributed by atoms with van der Waals surface area (Å²) in [6, 6.07) is 13.3. The number of amides is 2. The molecule has 0 spiro atoms. The lowest BCUT2D eigenvalue weighted by Crippen LogP contribution is -2.22. The van der Waals surface area contributed by atoms with Crippen LogP contribution in [0.3, 0.4) is 0 Å². The molecule has 0 saturated heterocycles. The van der Waals surface area contributed by atoms with Crippen LogP contribution < -0.4 is 10.6 Å². The Bertz CT molecular complexity index is 993. The third kappa shape index (κ3) is 3.36. The third-order valence-electron chi connectivity index (χ3n) is 4.29. The molecule has 2 heterocycles. The zero-order valence-electron chi connectivity index (χ0n) is 14.2. The topological polar surface area (TPSA) is 71.1 Å². The second kappa shape index (κ2) is 6.72. The van der Waals surface area contributed by atoms with Gasteiger partial charge in [0.25, 0.3) is 5.91 Å². The molecule has 0 fully saturated rings. The van der Waals surface area contributed by atoms with Crippen LogP contribution >= 0.6 is 11.3 Å². The Labute approximate surface area is 155 Å². The number of aromatic nitrogens is 1. The Morgan fingerprint density at radius 3 is 2.85 bits per heavy atom. The number of rotatable bonds is 4. The van der Waals surface area contributed by atoms with E-state index in [0.29, 0.717) is 18.5 Å². The highest BCUT2D eigenvalue weighted by Crippen LogP contribution is 2.29. The van der Waals surface area contributed by atoms with Crippen molar-refractivity contribution in [2.75, 3.05) is 5.32 Å². The van der Waals surface area contributed by atoms with Crippen LogP contribution in [0.5, 0.6) is 0 Å². The molecule has 2 amide bonds. The van der Waals surface area contributed by atoms with E-state index >= 15 is 0 Å². The highest BCUT2D eigenvalue weighted by atomic mass is 32.1. The van der Waals surface area contributed by atoms with E-state index in [1.165, 1.54) is 11.3 Å². The van der Waals surface area contributed by atoms with Gasteiger partial charge in [0.1, 0.15) is 5.01 Å². The number of thiazole rings is 1.